The second-order valence-corrected chi connectivity index (χ2v) is 12.7. The van der Waals surface area contributed by atoms with Crippen LogP contribution in [0.15, 0.2) is 42.6 Å². The van der Waals surface area contributed by atoms with Crippen molar-refractivity contribution in [3.05, 3.63) is 64.0 Å². The van der Waals surface area contributed by atoms with Crippen molar-refractivity contribution in [2.75, 3.05) is 48.3 Å². The van der Waals surface area contributed by atoms with Crippen LogP contribution in [0.2, 0.25) is 0 Å². The van der Waals surface area contributed by atoms with Crippen molar-refractivity contribution in [3.63, 3.8) is 0 Å². The highest BCUT2D eigenvalue weighted by molar-refractivity contribution is 7.14. The first-order valence-electron chi connectivity index (χ1n) is 14.5. The molecule has 1 atom stereocenters. The van der Waals surface area contributed by atoms with Gasteiger partial charge >= 0.3 is 18.3 Å². The number of rotatable bonds is 8. The Morgan fingerprint density at radius 2 is 1.72 bits per heavy atom. The van der Waals surface area contributed by atoms with Crippen molar-refractivity contribution in [3.8, 4) is 0 Å². The fourth-order valence-corrected chi connectivity index (χ4v) is 6.42. The Balaban J connectivity index is 1.46. The number of alkyl halides is 3. The van der Waals surface area contributed by atoms with E-state index in [-0.39, 0.29) is 22.9 Å². The van der Waals surface area contributed by atoms with Crippen LogP contribution >= 0.6 is 11.3 Å². The summed E-state index contributed by atoms with van der Waals surface area (Å²) in [6.07, 6.45) is -4.51. The van der Waals surface area contributed by atoms with Gasteiger partial charge in [-0.3, -0.25) is 9.69 Å². The van der Waals surface area contributed by atoms with Crippen molar-refractivity contribution in [2.24, 2.45) is 5.41 Å². The van der Waals surface area contributed by atoms with Gasteiger partial charge in [0.15, 0.2) is 5.69 Å². The quantitative estimate of drug-likeness (QED) is 0.226. The number of aromatic nitrogens is 2. The molecule has 1 unspecified atom stereocenters. The molecule has 1 aromatic carbocycles. The molecule has 1 saturated heterocycles. The molecule has 0 saturated carbocycles. The number of urea groups is 1. The van der Waals surface area contributed by atoms with Gasteiger partial charge in [-0.05, 0) is 36.1 Å². The Morgan fingerprint density at radius 3 is 2.26 bits per heavy atom. The number of anilines is 3. The predicted molar refractivity (Wildman–Crippen MR) is 166 cm³/mol. The van der Waals surface area contributed by atoms with E-state index in [1.165, 1.54) is 30.5 Å². The number of carbonyl (C=O) groups is 3. The summed E-state index contributed by atoms with van der Waals surface area (Å²) in [5, 5.41) is 14.7. The van der Waals surface area contributed by atoms with E-state index < -0.39 is 52.1 Å². The van der Waals surface area contributed by atoms with Crippen molar-refractivity contribution in [1.29, 1.82) is 0 Å². The normalized spacial score (nSPS) is 14.5. The van der Waals surface area contributed by atoms with Crippen LogP contribution in [0.3, 0.4) is 0 Å². The smallest absolute Gasteiger partial charge is 0.435 e. The van der Waals surface area contributed by atoms with Crippen LogP contribution in [0.1, 0.15) is 60.5 Å². The molecule has 0 aliphatic carbocycles. The summed E-state index contributed by atoms with van der Waals surface area (Å²) in [5.74, 6) is -1.06. The van der Waals surface area contributed by atoms with Gasteiger partial charge in [0.25, 0.3) is 5.91 Å². The number of hydrogen-bond donors (Lipinski definition) is 3. The maximum atomic E-state index is 14.1. The standard InChI is InChI=1S/C30H35F4N7O4S/c1-5-12-41(28(44)45)24(29(2,3)4)26-38-23(30(32,33)34)22(46-26)25(42)36-18-10-11-21(35-17-18)39-13-15-40(16-14-39)27(43)37-20-9-7-6-8-19(20)31/h6-11,17,24H,5,12-16H2,1-4H3,(H,36,42)(H,37,43)(H,44,45). The average molecular weight is 666 g/mol. The zero-order valence-electron chi connectivity index (χ0n) is 25.7. The molecule has 1 fully saturated rings. The van der Waals surface area contributed by atoms with Crippen LogP contribution in [0, 0.1) is 11.2 Å². The molecule has 2 aromatic heterocycles. The molecule has 4 rings (SSSR count). The van der Waals surface area contributed by atoms with Crippen LogP contribution in [-0.4, -0.2) is 75.6 Å². The molecule has 11 nitrogen and oxygen atoms in total. The van der Waals surface area contributed by atoms with Crippen LogP contribution < -0.4 is 15.5 Å². The summed E-state index contributed by atoms with van der Waals surface area (Å²) >= 11 is 0.515. The molecule has 1 aliphatic rings. The van der Waals surface area contributed by atoms with Gasteiger partial charge in [0, 0.05) is 32.7 Å². The predicted octanol–water partition coefficient (Wildman–Crippen LogP) is 6.78. The first-order valence-corrected chi connectivity index (χ1v) is 15.3. The van der Waals surface area contributed by atoms with E-state index in [2.05, 4.69) is 20.6 Å². The number of hydrogen-bond acceptors (Lipinski definition) is 7. The first kappa shape index (κ1) is 34.4. The van der Waals surface area contributed by atoms with Crippen molar-refractivity contribution in [1.82, 2.24) is 19.8 Å². The molecule has 1 aliphatic heterocycles. The van der Waals surface area contributed by atoms with E-state index in [1.807, 2.05) is 4.90 Å². The number of piperazine rings is 1. The second kappa shape index (κ2) is 13.9. The van der Waals surface area contributed by atoms with Crippen molar-refractivity contribution < 1.29 is 37.1 Å². The second-order valence-electron chi connectivity index (χ2n) is 11.7. The summed E-state index contributed by atoms with van der Waals surface area (Å²) < 4.78 is 56.1. The number of amides is 4. The minimum absolute atomic E-state index is 0.0770. The van der Waals surface area contributed by atoms with Gasteiger partial charge in [-0.25, -0.2) is 23.9 Å². The van der Waals surface area contributed by atoms with Crippen LogP contribution in [0.25, 0.3) is 0 Å². The molecular weight excluding hydrogens is 630 g/mol. The topological polar surface area (TPSA) is 131 Å². The summed E-state index contributed by atoms with van der Waals surface area (Å²) in [6, 6.07) is 7.49. The summed E-state index contributed by atoms with van der Waals surface area (Å²) in [7, 11) is 0. The first-order chi connectivity index (χ1) is 21.6. The number of carboxylic acid groups (broad SMARTS) is 1. The van der Waals surface area contributed by atoms with Gasteiger partial charge in [0.05, 0.1) is 23.6 Å². The minimum Gasteiger partial charge on any atom is -0.465 e. The number of thiazole rings is 1. The van der Waals surface area contributed by atoms with E-state index in [9.17, 15) is 37.1 Å². The lowest BCUT2D eigenvalue weighted by atomic mass is 9.86. The van der Waals surface area contributed by atoms with Gasteiger partial charge in [0.1, 0.15) is 21.5 Å². The highest BCUT2D eigenvalue weighted by Crippen LogP contribution is 2.44. The highest BCUT2D eigenvalue weighted by atomic mass is 32.1. The van der Waals surface area contributed by atoms with Crippen molar-refractivity contribution in [2.45, 2.75) is 46.3 Å². The number of para-hydroxylation sites is 1. The maximum absolute atomic E-state index is 14.1. The molecule has 4 amide bonds. The molecule has 248 valence electrons. The monoisotopic (exact) mass is 665 g/mol. The number of carbonyl (C=O) groups excluding carboxylic acids is 2. The fraction of sp³-hybridized carbons (Fsp3) is 0.433. The number of benzene rings is 1. The lowest BCUT2D eigenvalue weighted by Crippen LogP contribution is -2.50. The summed E-state index contributed by atoms with van der Waals surface area (Å²) in [6.45, 7) is 8.44. The number of halogens is 4. The lowest BCUT2D eigenvalue weighted by molar-refractivity contribution is -0.141. The Hall–Kier alpha value is -4.47. The largest absolute Gasteiger partial charge is 0.465 e. The van der Waals surface area contributed by atoms with Gasteiger partial charge in [-0.1, -0.05) is 39.8 Å². The molecule has 3 heterocycles. The Labute approximate surface area is 267 Å². The van der Waals surface area contributed by atoms with Gasteiger partial charge in [-0.15, -0.1) is 11.3 Å². The molecule has 16 heteroatoms. The van der Waals surface area contributed by atoms with Crippen LogP contribution in [0.4, 0.5) is 44.3 Å². The van der Waals surface area contributed by atoms with E-state index in [4.69, 9.17) is 0 Å². The van der Waals surface area contributed by atoms with Gasteiger partial charge < -0.3 is 25.5 Å². The maximum Gasteiger partial charge on any atom is 0.435 e. The molecule has 0 radical (unpaired) electrons. The van der Waals surface area contributed by atoms with Crippen LogP contribution in [-0.2, 0) is 6.18 Å². The third kappa shape index (κ3) is 8.02. The zero-order valence-corrected chi connectivity index (χ0v) is 26.5. The van der Waals surface area contributed by atoms with Gasteiger partial charge in [-0.2, -0.15) is 13.2 Å². The van der Waals surface area contributed by atoms with Gasteiger partial charge in [0.2, 0.25) is 0 Å². The molecule has 3 N–H and O–H groups in total. The number of nitrogens with zero attached hydrogens (tertiary/aromatic N) is 5. The molecule has 3 aromatic rings. The Kier molecular flexibility index (Phi) is 10.4. The summed E-state index contributed by atoms with van der Waals surface area (Å²) in [5.41, 5.74) is -1.98. The van der Waals surface area contributed by atoms with Crippen LogP contribution in [0.5, 0.6) is 0 Å². The SMILES string of the molecule is CCCN(C(=O)O)C(c1nc(C(F)(F)F)c(C(=O)Nc2ccc(N3CCN(C(=O)Nc4ccccc4F)CC3)nc2)s1)C(C)(C)C. The zero-order chi connectivity index (χ0) is 33.8. The molecule has 46 heavy (non-hydrogen) atoms. The number of pyridine rings is 1. The van der Waals surface area contributed by atoms with Crippen molar-refractivity contribution >= 4 is 46.6 Å². The fourth-order valence-electron chi connectivity index (χ4n) is 5.08. The van der Waals surface area contributed by atoms with E-state index in [0.717, 1.165) is 4.90 Å². The van der Waals surface area contributed by atoms with E-state index in [0.29, 0.717) is 49.8 Å². The molecule has 0 bridgehead atoms. The molecule has 0 spiro atoms. The third-order valence-electron chi connectivity index (χ3n) is 7.21. The Bertz CT molecular complexity index is 1550. The van der Waals surface area contributed by atoms with E-state index >= 15 is 0 Å². The minimum atomic E-state index is -4.96. The average Bonchev–Trinajstić information content (AvgIpc) is 3.44. The lowest BCUT2D eigenvalue weighted by Gasteiger charge is -2.37. The number of nitrogens with one attached hydrogen (secondary N) is 2. The van der Waals surface area contributed by atoms with E-state index in [1.54, 1.807) is 44.7 Å². The summed E-state index contributed by atoms with van der Waals surface area (Å²) in [4.78, 5) is 49.7. The highest BCUT2D eigenvalue weighted by Gasteiger charge is 2.44. The Morgan fingerprint density at radius 1 is 1.04 bits per heavy atom. The molecular formula is C30H35F4N7O4S. The third-order valence-corrected chi connectivity index (χ3v) is 8.31.